The minimum Gasteiger partial charge on any atom is -0.490 e. The lowest BCUT2D eigenvalue weighted by atomic mass is 9.76. The minimum atomic E-state index is -1.18. The van der Waals surface area contributed by atoms with Gasteiger partial charge in [0.2, 0.25) is 5.91 Å². The molecule has 2 N–H and O–H groups in total. The van der Waals surface area contributed by atoms with E-state index in [9.17, 15) is 14.7 Å². The molecule has 0 radical (unpaired) electrons. The number of ether oxygens (including phenoxy) is 2. The van der Waals surface area contributed by atoms with E-state index < -0.39 is 5.54 Å². The van der Waals surface area contributed by atoms with Gasteiger partial charge in [0.15, 0.2) is 17.0 Å². The predicted octanol–water partition coefficient (Wildman–Crippen LogP) is 3.38. The Morgan fingerprint density at radius 2 is 1.92 bits per heavy atom. The van der Waals surface area contributed by atoms with Crippen LogP contribution in [0.15, 0.2) is 42.5 Å². The Morgan fingerprint density at radius 1 is 1.11 bits per heavy atom. The monoisotopic (exact) mass is 491 g/mol. The second-order valence-electron chi connectivity index (χ2n) is 9.53. The fourth-order valence-corrected chi connectivity index (χ4v) is 5.62. The zero-order valence-corrected chi connectivity index (χ0v) is 21.0. The summed E-state index contributed by atoms with van der Waals surface area (Å²) in [6.07, 6.45) is 0.894. The molecule has 2 aliphatic heterocycles. The highest BCUT2D eigenvalue weighted by Crippen LogP contribution is 2.48. The average Bonchev–Trinajstić information content (AvgIpc) is 3.28. The fraction of sp³-hybridized carbons (Fsp3) is 0.429. The van der Waals surface area contributed by atoms with E-state index in [-0.39, 0.29) is 37.4 Å². The van der Waals surface area contributed by atoms with Crippen molar-refractivity contribution in [3.63, 3.8) is 0 Å². The van der Waals surface area contributed by atoms with E-state index in [0.717, 1.165) is 34.1 Å². The molecule has 2 aliphatic rings. The van der Waals surface area contributed by atoms with Crippen molar-refractivity contribution in [2.75, 3.05) is 39.5 Å². The zero-order valence-electron chi connectivity index (χ0n) is 21.0. The van der Waals surface area contributed by atoms with E-state index in [1.807, 2.05) is 50.2 Å². The molecule has 0 aliphatic carbocycles. The molecule has 5 rings (SSSR count). The predicted molar refractivity (Wildman–Crippen MR) is 136 cm³/mol. The number of benzene rings is 2. The Hall–Kier alpha value is -3.52. The Bertz CT molecular complexity index is 1300. The number of nitrogens with zero attached hydrogens (tertiary/aromatic N) is 2. The SMILES string of the molecule is CCCOc1ccc(C2CN3C(=O)CN(CCO)C(=O)C3(C)c3[nH]c4ccccc4c32)cc1OCC. The molecule has 3 aromatic rings. The molecule has 190 valence electrons. The van der Waals surface area contributed by atoms with Crippen molar-refractivity contribution < 1.29 is 24.2 Å². The maximum atomic E-state index is 13.7. The highest BCUT2D eigenvalue weighted by Gasteiger charge is 2.56. The van der Waals surface area contributed by atoms with E-state index in [4.69, 9.17) is 9.47 Å². The molecule has 1 aromatic heterocycles. The summed E-state index contributed by atoms with van der Waals surface area (Å²) in [6, 6.07) is 14.0. The van der Waals surface area contributed by atoms with E-state index >= 15 is 0 Å². The van der Waals surface area contributed by atoms with Gasteiger partial charge in [-0.05, 0) is 49.6 Å². The van der Waals surface area contributed by atoms with Crippen LogP contribution < -0.4 is 9.47 Å². The number of para-hydroxylation sites is 1. The molecule has 3 heterocycles. The van der Waals surface area contributed by atoms with Crippen LogP contribution in [0.3, 0.4) is 0 Å². The van der Waals surface area contributed by atoms with Crippen molar-refractivity contribution >= 4 is 22.7 Å². The maximum Gasteiger partial charge on any atom is 0.255 e. The van der Waals surface area contributed by atoms with E-state index in [0.29, 0.717) is 31.3 Å². The standard InChI is InChI=1S/C28H33N3O5/c1-4-14-36-22-11-10-18(15-23(22)35-5-2)20-16-31-24(33)17-30(12-13-32)27(34)28(31,3)26-25(20)19-8-6-7-9-21(19)29-26/h6-11,15,20,29,32H,4-5,12-14,16-17H2,1-3H3. The molecule has 0 bridgehead atoms. The Morgan fingerprint density at radius 3 is 2.67 bits per heavy atom. The van der Waals surface area contributed by atoms with Gasteiger partial charge < -0.3 is 29.4 Å². The maximum absolute atomic E-state index is 13.7. The van der Waals surface area contributed by atoms with E-state index in [1.54, 1.807) is 4.90 Å². The largest absolute Gasteiger partial charge is 0.490 e. The molecule has 36 heavy (non-hydrogen) atoms. The van der Waals surface area contributed by atoms with Gasteiger partial charge in [-0.3, -0.25) is 9.59 Å². The van der Waals surface area contributed by atoms with E-state index in [1.165, 1.54) is 4.90 Å². The first-order valence-electron chi connectivity index (χ1n) is 12.6. The topological polar surface area (TPSA) is 95.1 Å². The summed E-state index contributed by atoms with van der Waals surface area (Å²) in [5.74, 6) is 0.901. The molecular formula is C28H33N3O5. The van der Waals surface area contributed by atoms with Crippen molar-refractivity contribution in [2.24, 2.45) is 0 Å². The second kappa shape index (κ2) is 9.50. The first-order valence-corrected chi connectivity index (χ1v) is 12.6. The Balaban J connectivity index is 1.68. The number of rotatable bonds is 8. The molecule has 0 spiro atoms. The van der Waals surface area contributed by atoms with Crippen LogP contribution >= 0.6 is 0 Å². The van der Waals surface area contributed by atoms with Gasteiger partial charge in [-0.25, -0.2) is 0 Å². The summed E-state index contributed by atoms with van der Waals surface area (Å²) in [6.45, 7) is 7.19. The summed E-state index contributed by atoms with van der Waals surface area (Å²) >= 11 is 0. The summed E-state index contributed by atoms with van der Waals surface area (Å²) in [4.78, 5) is 33.8. The van der Waals surface area contributed by atoms with Crippen LogP contribution in [-0.4, -0.2) is 71.2 Å². The van der Waals surface area contributed by atoms with Crippen molar-refractivity contribution in [1.82, 2.24) is 14.8 Å². The van der Waals surface area contributed by atoms with Crippen LogP contribution in [-0.2, 0) is 15.1 Å². The van der Waals surface area contributed by atoms with Crippen molar-refractivity contribution in [2.45, 2.75) is 38.6 Å². The molecule has 2 amide bonds. The summed E-state index contributed by atoms with van der Waals surface area (Å²) in [5.41, 5.74) is 2.48. The van der Waals surface area contributed by atoms with Crippen molar-refractivity contribution in [3.8, 4) is 11.5 Å². The van der Waals surface area contributed by atoms with Gasteiger partial charge in [-0.1, -0.05) is 31.2 Å². The third-order valence-electron chi connectivity index (χ3n) is 7.32. The van der Waals surface area contributed by atoms with Crippen LogP contribution in [0.2, 0.25) is 0 Å². The van der Waals surface area contributed by atoms with Crippen LogP contribution in [0, 0.1) is 0 Å². The Labute approximate surface area is 210 Å². The molecule has 8 nitrogen and oxygen atoms in total. The third-order valence-corrected chi connectivity index (χ3v) is 7.32. The molecule has 1 fully saturated rings. The van der Waals surface area contributed by atoms with Gasteiger partial charge >= 0.3 is 0 Å². The number of piperazine rings is 1. The van der Waals surface area contributed by atoms with Gasteiger partial charge in [0, 0.05) is 29.9 Å². The first kappa shape index (κ1) is 24.2. The second-order valence-corrected chi connectivity index (χ2v) is 9.53. The number of H-pyrrole nitrogens is 1. The lowest BCUT2D eigenvalue weighted by Crippen LogP contribution is -2.67. The molecule has 2 unspecified atom stereocenters. The Kier molecular flexibility index (Phi) is 6.38. The highest BCUT2D eigenvalue weighted by molar-refractivity contribution is 6.01. The minimum absolute atomic E-state index is 0.0365. The van der Waals surface area contributed by atoms with Gasteiger partial charge in [-0.15, -0.1) is 0 Å². The normalized spacial score (nSPS) is 21.5. The average molecular weight is 492 g/mol. The van der Waals surface area contributed by atoms with Gasteiger partial charge in [0.1, 0.15) is 0 Å². The smallest absolute Gasteiger partial charge is 0.255 e. The van der Waals surface area contributed by atoms with Crippen molar-refractivity contribution in [3.05, 3.63) is 59.3 Å². The molecule has 8 heteroatoms. The van der Waals surface area contributed by atoms with Crippen LogP contribution in [0.1, 0.15) is 49.9 Å². The number of amides is 2. The summed E-state index contributed by atoms with van der Waals surface area (Å²) < 4.78 is 11.8. The van der Waals surface area contributed by atoms with Gasteiger partial charge in [0.25, 0.3) is 5.91 Å². The molecular weight excluding hydrogens is 458 g/mol. The van der Waals surface area contributed by atoms with Gasteiger partial charge in [-0.2, -0.15) is 0 Å². The number of fused-ring (bicyclic) bond motifs is 5. The molecule has 1 saturated heterocycles. The van der Waals surface area contributed by atoms with Crippen LogP contribution in [0.25, 0.3) is 10.9 Å². The quantitative estimate of drug-likeness (QED) is 0.504. The first-order chi connectivity index (χ1) is 17.4. The molecule has 2 atom stereocenters. The lowest BCUT2D eigenvalue weighted by Gasteiger charge is -2.51. The summed E-state index contributed by atoms with van der Waals surface area (Å²) in [7, 11) is 0. The van der Waals surface area contributed by atoms with Gasteiger partial charge in [0.05, 0.1) is 32.1 Å². The third kappa shape index (κ3) is 3.71. The van der Waals surface area contributed by atoms with E-state index in [2.05, 4.69) is 18.0 Å². The number of aliphatic hydroxyl groups excluding tert-OH is 1. The number of aromatic nitrogens is 1. The van der Waals surface area contributed by atoms with Crippen molar-refractivity contribution in [1.29, 1.82) is 0 Å². The molecule has 0 saturated carbocycles. The zero-order chi connectivity index (χ0) is 25.4. The number of hydrogen-bond donors (Lipinski definition) is 2. The van der Waals surface area contributed by atoms with Crippen LogP contribution in [0.5, 0.6) is 11.5 Å². The highest BCUT2D eigenvalue weighted by atomic mass is 16.5. The number of nitrogens with one attached hydrogen (secondary N) is 1. The number of carbonyl (C=O) groups is 2. The number of carbonyl (C=O) groups excluding carboxylic acids is 2. The fourth-order valence-electron chi connectivity index (χ4n) is 5.62. The lowest BCUT2D eigenvalue weighted by molar-refractivity contribution is -0.166. The summed E-state index contributed by atoms with van der Waals surface area (Å²) in [5, 5.41) is 10.5. The number of β-amino-alcohol motifs (C(OH)–C–C–N with tert-alkyl or cyclic N) is 1. The molecule has 2 aromatic carbocycles. The number of aliphatic hydroxyl groups is 1. The number of hydrogen-bond acceptors (Lipinski definition) is 5. The number of aromatic amines is 1. The van der Waals surface area contributed by atoms with Crippen LogP contribution in [0.4, 0.5) is 0 Å².